The summed E-state index contributed by atoms with van der Waals surface area (Å²) >= 11 is 3.02. The van der Waals surface area contributed by atoms with Gasteiger partial charge in [0.25, 0.3) is 0 Å². The molecule has 1 heterocycles. The number of nitrogens with zero attached hydrogens (tertiary/aromatic N) is 1. The van der Waals surface area contributed by atoms with Gasteiger partial charge in [-0.25, -0.2) is 9.78 Å². The number of benzene rings is 3. The molecule has 0 saturated heterocycles. The molecule has 4 rings (SSSR count). The minimum absolute atomic E-state index is 0. The summed E-state index contributed by atoms with van der Waals surface area (Å²) in [6, 6.07) is 31.7. The standard InChI is InChI=1S/C25H22N2O2S2.Li.H/c28-23(29)22-18-27-24(31-22)26-16-17-30-25(19-10-4-1-5-11-19,20-12-6-2-7-13-20)21-14-8-3-9-15-21;;/h1-15,18H,16-17H2,(H,26,27)(H,28,29);;/q;+1;-1. The van der Waals surface area contributed by atoms with Gasteiger partial charge in [-0.3, -0.25) is 0 Å². The van der Waals surface area contributed by atoms with Crippen LogP contribution in [0.2, 0.25) is 0 Å². The molecule has 1 aromatic heterocycles. The summed E-state index contributed by atoms with van der Waals surface area (Å²) < 4.78 is -0.361. The topological polar surface area (TPSA) is 62.2 Å². The van der Waals surface area contributed by atoms with Gasteiger partial charge in [-0.05, 0) is 16.7 Å². The van der Waals surface area contributed by atoms with Gasteiger partial charge in [0.1, 0.15) is 4.88 Å². The maximum atomic E-state index is 11.1. The first-order chi connectivity index (χ1) is 15.2. The Bertz CT molecular complexity index is 1030. The summed E-state index contributed by atoms with van der Waals surface area (Å²) in [4.78, 5) is 15.5. The van der Waals surface area contributed by atoms with E-state index in [1.165, 1.54) is 22.9 Å². The fourth-order valence-electron chi connectivity index (χ4n) is 3.59. The molecule has 0 aliphatic rings. The zero-order valence-corrected chi connectivity index (χ0v) is 19.4. The number of aromatic carboxylic acids is 1. The molecule has 0 unspecified atom stereocenters. The molecule has 2 N–H and O–H groups in total. The van der Waals surface area contributed by atoms with Crippen molar-refractivity contribution in [3.8, 4) is 0 Å². The average molecular weight is 455 g/mol. The summed E-state index contributed by atoms with van der Waals surface area (Å²) in [5, 5.41) is 13.0. The largest absolute Gasteiger partial charge is 1.00 e. The fourth-order valence-corrected chi connectivity index (χ4v) is 5.68. The number of rotatable bonds is 9. The minimum Gasteiger partial charge on any atom is -1.00 e. The number of hydrogen-bond acceptors (Lipinski definition) is 5. The third-order valence-electron chi connectivity index (χ3n) is 4.95. The molecule has 0 amide bonds. The van der Waals surface area contributed by atoms with E-state index in [9.17, 15) is 4.79 Å². The molecular formula is C25H23LiN2O2S2. The van der Waals surface area contributed by atoms with E-state index in [2.05, 4.69) is 83.1 Å². The Morgan fingerprint density at radius 3 is 1.78 bits per heavy atom. The number of aromatic nitrogens is 1. The van der Waals surface area contributed by atoms with E-state index in [0.717, 1.165) is 17.1 Å². The molecule has 3 aromatic carbocycles. The molecule has 0 aliphatic carbocycles. The number of carboxylic acids is 1. The Hall–Kier alpha value is -2.49. The van der Waals surface area contributed by atoms with Crippen molar-refractivity contribution in [2.45, 2.75) is 4.75 Å². The third kappa shape index (κ3) is 5.28. The number of carbonyl (C=O) groups is 1. The van der Waals surface area contributed by atoms with Crippen LogP contribution in [0.15, 0.2) is 97.2 Å². The van der Waals surface area contributed by atoms with Crippen LogP contribution in [0.3, 0.4) is 0 Å². The fraction of sp³-hybridized carbons (Fsp3) is 0.120. The van der Waals surface area contributed by atoms with E-state index in [0.29, 0.717) is 11.7 Å². The van der Waals surface area contributed by atoms with Crippen molar-refractivity contribution in [1.29, 1.82) is 0 Å². The van der Waals surface area contributed by atoms with E-state index >= 15 is 0 Å². The van der Waals surface area contributed by atoms with E-state index in [4.69, 9.17) is 5.11 Å². The van der Waals surface area contributed by atoms with Crippen molar-refractivity contribution >= 4 is 34.2 Å². The number of nitrogens with one attached hydrogen (secondary N) is 1. The van der Waals surface area contributed by atoms with Crippen molar-refractivity contribution in [1.82, 2.24) is 4.98 Å². The first kappa shape index (κ1) is 24.2. The quantitative estimate of drug-likeness (QED) is 0.231. The Morgan fingerprint density at radius 1 is 0.906 bits per heavy atom. The second-order valence-corrected chi connectivity index (χ2v) is 9.23. The van der Waals surface area contributed by atoms with Crippen LogP contribution < -0.4 is 24.2 Å². The van der Waals surface area contributed by atoms with Crippen LogP contribution in [0.25, 0.3) is 0 Å². The van der Waals surface area contributed by atoms with E-state index in [1.807, 2.05) is 30.0 Å². The Morgan fingerprint density at radius 2 is 1.38 bits per heavy atom. The molecule has 4 nitrogen and oxygen atoms in total. The van der Waals surface area contributed by atoms with E-state index in [-0.39, 0.29) is 29.9 Å². The van der Waals surface area contributed by atoms with Gasteiger partial charge in [-0.2, -0.15) is 0 Å². The molecule has 0 atom stereocenters. The molecule has 32 heavy (non-hydrogen) atoms. The van der Waals surface area contributed by atoms with Crippen molar-refractivity contribution in [3.63, 3.8) is 0 Å². The first-order valence-corrected chi connectivity index (χ1v) is 11.7. The number of anilines is 1. The van der Waals surface area contributed by atoms with Gasteiger partial charge in [-0.15, -0.1) is 11.8 Å². The number of thioether (sulfide) groups is 1. The zero-order chi connectivity index (χ0) is 21.5. The SMILES string of the molecule is O=C(O)c1cnc(NCCSC(c2ccccc2)(c2ccccc2)c2ccccc2)s1.[H-].[Li+]. The maximum Gasteiger partial charge on any atom is 1.00 e. The number of hydrogen-bond donors (Lipinski definition) is 2. The second kappa shape index (κ2) is 11.4. The summed E-state index contributed by atoms with van der Waals surface area (Å²) in [6.45, 7) is 0.672. The molecule has 158 valence electrons. The molecule has 4 aromatic rings. The summed E-state index contributed by atoms with van der Waals surface area (Å²) in [5.41, 5.74) is 3.67. The average Bonchev–Trinajstić information content (AvgIpc) is 3.31. The van der Waals surface area contributed by atoms with Crippen molar-refractivity contribution in [2.75, 3.05) is 17.6 Å². The summed E-state index contributed by atoms with van der Waals surface area (Å²) in [6.07, 6.45) is 1.39. The predicted octanol–water partition coefficient (Wildman–Crippen LogP) is 3.10. The van der Waals surface area contributed by atoms with Crippen LogP contribution in [0.5, 0.6) is 0 Å². The molecule has 7 heteroatoms. The monoisotopic (exact) mass is 454 g/mol. The van der Waals surface area contributed by atoms with Gasteiger partial charge in [0, 0.05) is 12.3 Å². The van der Waals surface area contributed by atoms with Gasteiger partial charge in [0.05, 0.1) is 10.9 Å². The summed E-state index contributed by atoms with van der Waals surface area (Å²) in [5.74, 6) is -0.142. The number of thiazole rings is 1. The minimum atomic E-state index is -0.948. The van der Waals surface area contributed by atoms with Gasteiger partial charge < -0.3 is 11.8 Å². The first-order valence-electron chi connectivity index (χ1n) is 9.93. The molecule has 0 fully saturated rings. The smallest absolute Gasteiger partial charge is 1.00 e. The van der Waals surface area contributed by atoms with E-state index in [1.54, 1.807) is 0 Å². The van der Waals surface area contributed by atoms with Crippen molar-refractivity contribution < 1.29 is 30.2 Å². The van der Waals surface area contributed by atoms with Crippen LogP contribution in [-0.4, -0.2) is 28.4 Å². The van der Waals surface area contributed by atoms with Crippen molar-refractivity contribution in [3.05, 3.63) is 119 Å². The molecule has 0 spiro atoms. The van der Waals surface area contributed by atoms with Gasteiger partial charge in [0.15, 0.2) is 5.13 Å². The van der Waals surface area contributed by atoms with Gasteiger partial charge in [0.2, 0.25) is 0 Å². The summed E-state index contributed by atoms with van der Waals surface area (Å²) in [7, 11) is 0. The predicted molar refractivity (Wildman–Crippen MR) is 130 cm³/mol. The van der Waals surface area contributed by atoms with E-state index < -0.39 is 5.97 Å². The third-order valence-corrected chi connectivity index (χ3v) is 7.45. The van der Waals surface area contributed by atoms with Gasteiger partial charge in [-0.1, -0.05) is 102 Å². The molecule has 0 aliphatic heterocycles. The van der Waals surface area contributed by atoms with Crippen LogP contribution in [0.1, 0.15) is 27.8 Å². The molecule has 0 bridgehead atoms. The zero-order valence-electron chi connectivity index (χ0n) is 18.8. The van der Waals surface area contributed by atoms with Crippen molar-refractivity contribution in [2.24, 2.45) is 0 Å². The normalized spacial score (nSPS) is 10.9. The van der Waals surface area contributed by atoms with Crippen LogP contribution in [-0.2, 0) is 4.75 Å². The maximum absolute atomic E-state index is 11.1. The van der Waals surface area contributed by atoms with Crippen LogP contribution in [0, 0.1) is 0 Å². The molecular weight excluding hydrogens is 431 g/mol. The Kier molecular flexibility index (Phi) is 8.60. The van der Waals surface area contributed by atoms with Crippen LogP contribution in [0.4, 0.5) is 5.13 Å². The second-order valence-electron chi connectivity index (χ2n) is 6.89. The number of carboxylic acid groups (broad SMARTS) is 1. The molecule has 0 radical (unpaired) electrons. The van der Waals surface area contributed by atoms with Crippen LogP contribution >= 0.6 is 23.1 Å². The molecule has 0 saturated carbocycles. The Labute approximate surface area is 209 Å². The Balaban J connectivity index is 0.00000193. The van der Waals surface area contributed by atoms with Gasteiger partial charge >= 0.3 is 24.8 Å².